The fraction of sp³-hybridized carbons (Fsp3) is 0.250. The first-order chi connectivity index (χ1) is 18.6. The van der Waals surface area contributed by atoms with E-state index in [-0.39, 0.29) is 43.7 Å². The summed E-state index contributed by atoms with van der Waals surface area (Å²) in [4.78, 5) is 36.7. The molecule has 1 fully saturated rings. The van der Waals surface area contributed by atoms with E-state index in [4.69, 9.17) is 33.0 Å². The number of nitrogens with one attached hydrogen (secondary N) is 3. The Hall–Kier alpha value is -3.65. The number of carboxylic acid groups (broad SMARTS) is 1. The van der Waals surface area contributed by atoms with Gasteiger partial charge in [0.05, 0.1) is 32.4 Å². The maximum atomic E-state index is 13.3. The number of carboxylic acids is 1. The molecule has 12 nitrogen and oxygen atoms in total. The molecule has 3 aromatic rings. The Morgan fingerprint density at radius 2 is 1.69 bits per heavy atom. The fourth-order valence-corrected chi connectivity index (χ4v) is 5.51. The molecule has 0 unspecified atom stereocenters. The van der Waals surface area contributed by atoms with E-state index in [1.165, 1.54) is 36.4 Å². The minimum absolute atomic E-state index is 0.0573. The number of aromatic nitrogens is 2. The van der Waals surface area contributed by atoms with Gasteiger partial charge in [-0.2, -0.15) is 17.6 Å². The quantitative estimate of drug-likeness (QED) is 0.290. The van der Waals surface area contributed by atoms with E-state index in [1.807, 2.05) is 0 Å². The normalized spacial score (nSPS) is 14.0. The molecular weight excluding hydrogens is 573 g/mol. The zero-order valence-corrected chi connectivity index (χ0v) is 22.5. The van der Waals surface area contributed by atoms with Crippen molar-refractivity contribution in [3.05, 3.63) is 70.0 Å². The number of piperidine rings is 1. The van der Waals surface area contributed by atoms with Gasteiger partial charge in [-0.15, -0.1) is 0 Å². The highest BCUT2D eigenvalue weighted by Gasteiger charge is 2.28. The maximum absolute atomic E-state index is 13.3. The van der Waals surface area contributed by atoms with Crippen LogP contribution in [0.4, 0.5) is 5.69 Å². The van der Waals surface area contributed by atoms with Crippen LogP contribution >= 0.6 is 23.2 Å². The number of hydrogen-bond donors (Lipinski definition) is 4. The van der Waals surface area contributed by atoms with Crippen LogP contribution in [-0.2, 0) is 14.8 Å². The Morgan fingerprint density at radius 1 is 1.05 bits per heavy atom. The lowest BCUT2D eigenvalue weighted by Gasteiger charge is -2.23. The summed E-state index contributed by atoms with van der Waals surface area (Å²) in [6, 6.07) is 9.28. The summed E-state index contributed by atoms with van der Waals surface area (Å²) in [6.45, 7) is 0.808. The highest BCUT2D eigenvalue weighted by atomic mass is 35.5. The number of halogens is 2. The van der Waals surface area contributed by atoms with Crippen molar-refractivity contribution in [1.82, 2.24) is 19.8 Å². The Labute approximate surface area is 233 Å². The number of ether oxygens (including phenoxy) is 1. The molecule has 0 bridgehead atoms. The van der Waals surface area contributed by atoms with Crippen molar-refractivity contribution in [3.63, 3.8) is 0 Å². The molecule has 39 heavy (non-hydrogen) atoms. The van der Waals surface area contributed by atoms with Crippen LogP contribution < -0.4 is 20.7 Å². The highest BCUT2D eigenvalue weighted by molar-refractivity contribution is 7.89. The summed E-state index contributed by atoms with van der Waals surface area (Å²) in [5.74, 6) is -2.48. The molecule has 1 saturated heterocycles. The van der Waals surface area contributed by atoms with Gasteiger partial charge in [0, 0.05) is 6.04 Å². The minimum Gasteiger partial charge on any atom is -0.482 e. The Bertz CT molecular complexity index is 1480. The zero-order chi connectivity index (χ0) is 28.2. The lowest BCUT2D eigenvalue weighted by atomic mass is 10.1. The number of benzene rings is 2. The smallest absolute Gasteiger partial charge is 0.341 e. The predicted octanol–water partition coefficient (Wildman–Crippen LogP) is 2.62. The number of nitrogens with zero attached hydrogens (tertiary/aromatic N) is 2. The van der Waals surface area contributed by atoms with E-state index in [9.17, 15) is 22.8 Å². The standard InChI is InChI=1S/C24H23Cl2N5O7S/c25-17-2-1-3-18(26)21(17)23(34)29-19-12-31(30-22(19)24(35)28-14-8-10-27-11-9-14)39(36,37)16-6-4-15(5-7-16)38-13-20(32)33/h1-7,12,14,27H,8-11,13H2,(H,28,35)(H,29,34)(H,32,33). The number of hydrogen-bond acceptors (Lipinski definition) is 8. The van der Waals surface area contributed by atoms with Crippen molar-refractivity contribution in [2.45, 2.75) is 23.8 Å². The molecule has 1 aliphatic rings. The van der Waals surface area contributed by atoms with E-state index in [2.05, 4.69) is 21.0 Å². The van der Waals surface area contributed by atoms with Gasteiger partial charge in [-0.1, -0.05) is 29.3 Å². The molecular formula is C24H23Cl2N5O7S. The molecule has 2 aromatic carbocycles. The zero-order valence-electron chi connectivity index (χ0n) is 20.2. The topological polar surface area (TPSA) is 169 Å². The van der Waals surface area contributed by atoms with Crippen LogP contribution in [0.3, 0.4) is 0 Å². The van der Waals surface area contributed by atoms with Crippen molar-refractivity contribution >= 4 is 56.7 Å². The monoisotopic (exact) mass is 595 g/mol. The van der Waals surface area contributed by atoms with Gasteiger partial charge in [-0.25, -0.2) is 4.79 Å². The number of amides is 2. The van der Waals surface area contributed by atoms with Gasteiger partial charge < -0.3 is 25.8 Å². The fourth-order valence-electron chi connectivity index (χ4n) is 3.82. The summed E-state index contributed by atoms with van der Waals surface area (Å²) >= 11 is 12.3. The number of carbonyl (C=O) groups excluding carboxylic acids is 2. The van der Waals surface area contributed by atoms with Crippen LogP contribution in [0, 0.1) is 0 Å². The third-order valence-corrected chi connectivity index (χ3v) is 7.93. The van der Waals surface area contributed by atoms with Crippen LogP contribution in [0.2, 0.25) is 10.0 Å². The lowest BCUT2D eigenvalue weighted by Crippen LogP contribution is -2.43. The second kappa shape index (κ2) is 12.0. The summed E-state index contributed by atoms with van der Waals surface area (Å²) < 4.78 is 32.2. The SMILES string of the molecule is O=C(O)COc1ccc(S(=O)(=O)n2cc(NC(=O)c3c(Cl)cccc3Cl)c(C(=O)NC3CCNCC3)n2)cc1. The molecule has 4 rings (SSSR count). The molecule has 15 heteroatoms. The Kier molecular flexibility index (Phi) is 8.75. The van der Waals surface area contributed by atoms with Gasteiger partial charge in [0.2, 0.25) is 0 Å². The van der Waals surface area contributed by atoms with E-state index in [0.29, 0.717) is 30.0 Å². The third-order valence-electron chi connectivity index (χ3n) is 5.75. The Balaban J connectivity index is 1.67. The van der Waals surface area contributed by atoms with Crippen molar-refractivity contribution < 1.29 is 32.6 Å². The van der Waals surface area contributed by atoms with Crippen LogP contribution in [0.1, 0.15) is 33.7 Å². The molecule has 0 atom stereocenters. The average Bonchev–Trinajstić information content (AvgIpc) is 3.33. The van der Waals surface area contributed by atoms with Crippen LogP contribution in [-0.4, -0.2) is 66.2 Å². The first-order valence-electron chi connectivity index (χ1n) is 11.6. The summed E-state index contributed by atoms with van der Waals surface area (Å²) in [7, 11) is -4.33. The molecule has 0 saturated carbocycles. The van der Waals surface area contributed by atoms with Gasteiger partial charge in [-0.05, 0) is 62.3 Å². The second-order valence-corrected chi connectivity index (χ2v) is 11.1. The average molecular weight is 596 g/mol. The van der Waals surface area contributed by atoms with Gasteiger partial charge >= 0.3 is 5.97 Å². The first-order valence-corrected chi connectivity index (χ1v) is 13.8. The molecule has 0 aliphatic carbocycles. The molecule has 2 amide bonds. The van der Waals surface area contributed by atoms with Gasteiger partial charge in [0.25, 0.3) is 21.8 Å². The number of aliphatic carboxylic acids is 1. The Morgan fingerprint density at radius 3 is 2.31 bits per heavy atom. The molecule has 0 spiro atoms. The van der Waals surface area contributed by atoms with E-state index in [1.54, 1.807) is 6.07 Å². The number of carbonyl (C=O) groups is 3. The second-order valence-electron chi connectivity index (χ2n) is 8.47. The molecule has 206 valence electrons. The molecule has 0 radical (unpaired) electrons. The van der Waals surface area contributed by atoms with E-state index in [0.717, 1.165) is 6.20 Å². The van der Waals surface area contributed by atoms with Crippen molar-refractivity contribution in [3.8, 4) is 5.75 Å². The van der Waals surface area contributed by atoms with Gasteiger partial charge in [0.15, 0.2) is 12.3 Å². The highest BCUT2D eigenvalue weighted by Crippen LogP contribution is 2.27. The van der Waals surface area contributed by atoms with Gasteiger partial charge in [-0.3, -0.25) is 9.59 Å². The van der Waals surface area contributed by atoms with Crippen molar-refractivity contribution in [1.29, 1.82) is 0 Å². The molecule has 1 aliphatic heterocycles. The number of anilines is 1. The number of rotatable bonds is 9. The molecule has 4 N–H and O–H groups in total. The molecule has 1 aromatic heterocycles. The van der Waals surface area contributed by atoms with Crippen LogP contribution in [0.15, 0.2) is 53.6 Å². The summed E-state index contributed by atoms with van der Waals surface area (Å²) in [5, 5.41) is 21.4. The van der Waals surface area contributed by atoms with E-state index >= 15 is 0 Å². The summed E-state index contributed by atoms with van der Waals surface area (Å²) in [6.07, 6.45) is 2.33. The minimum atomic E-state index is -4.33. The first kappa shape index (κ1) is 28.4. The van der Waals surface area contributed by atoms with Crippen LogP contribution in [0.5, 0.6) is 5.75 Å². The predicted molar refractivity (Wildman–Crippen MR) is 142 cm³/mol. The largest absolute Gasteiger partial charge is 0.482 e. The van der Waals surface area contributed by atoms with E-state index < -0.39 is 34.4 Å². The lowest BCUT2D eigenvalue weighted by molar-refractivity contribution is -0.139. The molecule has 2 heterocycles. The maximum Gasteiger partial charge on any atom is 0.341 e. The van der Waals surface area contributed by atoms with Crippen LogP contribution in [0.25, 0.3) is 0 Å². The van der Waals surface area contributed by atoms with Crippen molar-refractivity contribution in [2.24, 2.45) is 0 Å². The van der Waals surface area contributed by atoms with Gasteiger partial charge in [0.1, 0.15) is 5.75 Å². The van der Waals surface area contributed by atoms with Crippen molar-refractivity contribution in [2.75, 3.05) is 25.0 Å². The third kappa shape index (κ3) is 6.68. The summed E-state index contributed by atoms with van der Waals surface area (Å²) in [5.41, 5.74) is -0.555.